The third-order valence-corrected chi connectivity index (χ3v) is 4.36. The van der Waals surface area contributed by atoms with E-state index in [9.17, 15) is 0 Å². The van der Waals surface area contributed by atoms with E-state index < -0.39 is 0 Å². The first kappa shape index (κ1) is 14.0. The molecular weight excluding hydrogens is 282 g/mol. The summed E-state index contributed by atoms with van der Waals surface area (Å²) < 4.78 is 2.92. The summed E-state index contributed by atoms with van der Waals surface area (Å²) in [7, 11) is 1.94. The molecule has 6 heteroatoms. The van der Waals surface area contributed by atoms with Crippen LogP contribution in [0.1, 0.15) is 32.4 Å². The molecule has 21 heavy (non-hydrogen) atoms. The Hall–Kier alpha value is -1.95. The molecule has 0 saturated carbocycles. The van der Waals surface area contributed by atoms with E-state index in [2.05, 4.69) is 47.4 Å². The van der Waals surface area contributed by atoms with Gasteiger partial charge in [0, 0.05) is 18.8 Å². The lowest BCUT2D eigenvalue weighted by Crippen LogP contribution is -2.26. The zero-order valence-corrected chi connectivity index (χ0v) is 13.5. The lowest BCUT2D eigenvalue weighted by atomic mass is 9.83. The smallest absolute Gasteiger partial charge is 0.147 e. The van der Waals surface area contributed by atoms with Crippen molar-refractivity contribution in [1.29, 1.82) is 0 Å². The zero-order valence-electron chi connectivity index (χ0n) is 12.7. The van der Waals surface area contributed by atoms with Crippen molar-refractivity contribution < 1.29 is 0 Å². The average Bonchev–Trinajstić information content (AvgIpc) is 3.03. The van der Waals surface area contributed by atoms with Gasteiger partial charge in [-0.05, 0) is 16.9 Å². The maximum atomic E-state index is 4.43. The first-order chi connectivity index (χ1) is 9.95. The largest absolute Gasteiger partial charge is 0.361 e. The van der Waals surface area contributed by atoms with Crippen molar-refractivity contribution in [1.82, 2.24) is 19.7 Å². The van der Waals surface area contributed by atoms with Crippen LogP contribution in [-0.4, -0.2) is 19.7 Å². The number of aromatic nitrogens is 4. The molecular formula is C15H19N5S. The van der Waals surface area contributed by atoms with E-state index in [4.69, 9.17) is 0 Å². The molecule has 0 aliphatic rings. The van der Waals surface area contributed by atoms with Gasteiger partial charge in [-0.25, -0.2) is 9.97 Å². The van der Waals surface area contributed by atoms with E-state index in [-0.39, 0.29) is 11.5 Å². The second-order valence-electron chi connectivity index (χ2n) is 6.25. The van der Waals surface area contributed by atoms with Crippen LogP contribution < -0.4 is 5.32 Å². The number of nitrogens with one attached hydrogen (secondary N) is 1. The van der Waals surface area contributed by atoms with Crippen LogP contribution in [0.4, 0.5) is 5.82 Å². The van der Waals surface area contributed by atoms with Crippen LogP contribution in [-0.2, 0) is 7.05 Å². The molecule has 0 aromatic carbocycles. The second-order valence-corrected chi connectivity index (χ2v) is 7.16. The maximum absolute atomic E-state index is 4.43. The molecule has 0 aliphatic carbocycles. The Labute approximate surface area is 128 Å². The molecule has 3 rings (SSSR count). The van der Waals surface area contributed by atoms with Gasteiger partial charge in [0.1, 0.15) is 12.1 Å². The number of nitrogens with zero attached hydrogens (tertiary/aromatic N) is 4. The van der Waals surface area contributed by atoms with E-state index >= 15 is 0 Å². The van der Waals surface area contributed by atoms with Gasteiger partial charge in [-0.3, -0.25) is 4.68 Å². The molecule has 0 bridgehead atoms. The van der Waals surface area contributed by atoms with Crippen LogP contribution in [0, 0.1) is 5.41 Å². The number of fused-ring (bicyclic) bond motifs is 1. The number of aryl methyl sites for hydroxylation is 1. The molecule has 1 N–H and O–H groups in total. The van der Waals surface area contributed by atoms with E-state index in [1.165, 1.54) is 0 Å². The van der Waals surface area contributed by atoms with Crippen molar-refractivity contribution in [2.45, 2.75) is 26.8 Å². The number of hydrogen-bond acceptors (Lipinski definition) is 5. The third-order valence-electron chi connectivity index (χ3n) is 3.45. The highest BCUT2D eigenvalue weighted by Crippen LogP contribution is 2.37. The van der Waals surface area contributed by atoms with Crippen molar-refractivity contribution in [3.05, 3.63) is 35.7 Å². The van der Waals surface area contributed by atoms with Crippen molar-refractivity contribution in [2.24, 2.45) is 12.5 Å². The summed E-state index contributed by atoms with van der Waals surface area (Å²) in [6.07, 6.45) is 5.58. The maximum Gasteiger partial charge on any atom is 0.147 e. The molecule has 3 heterocycles. The summed E-state index contributed by atoms with van der Waals surface area (Å²) >= 11 is 1.66. The molecule has 110 valence electrons. The van der Waals surface area contributed by atoms with Crippen molar-refractivity contribution in [3.8, 4) is 0 Å². The molecule has 1 atom stereocenters. The highest BCUT2D eigenvalue weighted by Gasteiger charge is 2.28. The summed E-state index contributed by atoms with van der Waals surface area (Å²) in [6, 6.07) is 2.15. The minimum Gasteiger partial charge on any atom is -0.361 e. The number of thiophene rings is 1. The molecule has 3 aromatic rings. The molecule has 0 fully saturated rings. The second kappa shape index (κ2) is 5.11. The standard InChI is InChI=1S/C15H19N5S/c1-15(2,3)13(10-7-18-20(4)8-10)19-14-12-11(5-6-21-12)16-9-17-14/h5-9,13H,1-4H3,(H,16,17,19). The van der Waals surface area contributed by atoms with Crippen LogP contribution in [0.5, 0.6) is 0 Å². The SMILES string of the molecule is Cn1cc(C(Nc2ncnc3ccsc23)C(C)(C)C)cn1. The number of rotatable bonds is 3. The Kier molecular flexibility index (Phi) is 3.41. The molecule has 0 spiro atoms. The molecule has 0 saturated heterocycles. The molecule has 0 aliphatic heterocycles. The zero-order chi connectivity index (χ0) is 15.0. The van der Waals surface area contributed by atoms with Crippen LogP contribution >= 0.6 is 11.3 Å². The van der Waals surface area contributed by atoms with Crippen LogP contribution in [0.15, 0.2) is 30.2 Å². The molecule has 5 nitrogen and oxygen atoms in total. The quantitative estimate of drug-likeness (QED) is 0.802. The topological polar surface area (TPSA) is 55.6 Å². The summed E-state index contributed by atoms with van der Waals surface area (Å²) in [5, 5.41) is 9.92. The third kappa shape index (κ3) is 2.76. The van der Waals surface area contributed by atoms with Gasteiger partial charge >= 0.3 is 0 Å². The fourth-order valence-electron chi connectivity index (χ4n) is 2.42. The highest BCUT2D eigenvalue weighted by molar-refractivity contribution is 7.17. The predicted octanol–water partition coefficient (Wildman–Crippen LogP) is 3.62. The highest BCUT2D eigenvalue weighted by atomic mass is 32.1. The summed E-state index contributed by atoms with van der Waals surface area (Å²) in [5.41, 5.74) is 2.18. The Morgan fingerprint density at radius 1 is 1.29 bits per heavy atom. The van der Waals surface area contributed by atoms with Crippen LogP contribution in [0.25, 0.3) is 10.2 Å². The lowest BCUT2D eigenvalue weighted by Gasteiger charge is -2.31. The van der Waals surface area contributed by atoms with E-state index in [1.807, 2.05) is 29.4 Å². The summed E-state index contributed by atoms with van der Waals surface area (Å²) in [6.45, 7) is 6.64. The molecule has 0 radical (unpaired) electrons. The van der Waals surface area contributed by atoms with Gasteiger partial charge in [0.2, 0.25) is 0 Å². The normalized spacial score (nSPS) is 13.5. The number of anilines is 1. The van der Waals surface area contributed by atoms with E-state index in [1.54, 1.807) is 17.7 Å². The Morgan fingerprint density at radius 3 is 2.76 bits per heavy atom. The first-order valence-electron chi connectivity index (χ1n) is 6.88. The Bertz CT molecular complexity index is 753. The fraction of sp³-hybridized carbons (Fsp3) is 0.400. The Morgan fingerprint density at radius 2 is 2.10 bits per heavy atom. The van der Waals surface area contributed by atoms with Gasteiger partial charge in [0.25, 0.3) is 0 Å². The lowest BCUT2D eigenvalue weighted by molar-refractivity contribution is 0.347. The minimum atomic E-state index is 0.0393. The van der Waals surface area contributed by atoms with E-state index in [0.29, 0.717) is 0 Å². The van der Waals surface area contributed by atoms with Gasteiger partial charge < -0.3 is 5.32 Å². The van der Waals surface area contributed by atoms with Gasteiger partial charge in [-0.15, -0.1) is 11.3 Å². The average molecular weight is 301 g/mol. The summed E-state index contributed by atoms with van der Waals surface area (Å²) in [5.74, 6) is 0.888. The van der Waals surface area contributed by atoms with Crippen molar-refractivity contribution in [3.63, 3.8) is 0 Å². The predicted molar refractivity (Wildman–Crippen MR) is 86.4 cm³/mol. The van der Waals surface area contributed by atoms with Gasteiger partial charge in [0.15, 0.2) is 0 Å². The fourth-order valence-corrected chi connectivity index (χ4v) is 3.22. The molecule has 1 unspecified atom stereocenters. The molecule has 0 amide bonds. The van der Waals surface area contributed by atoms with Gasteiger partial charge in [-0.2, -0.15) is 5.10 Å². The van der Waals surface area contributed by atoms with Crippen LogP contribution in [0.2, 0.25) is 0 Å². The van der Waals surface area contributed by atoms with Crippen molar-refractivity contribution >= 4 is 27.4 Å². The van der Waals surface area contributed by atoms with E-state index in [0.717, 1.165) is 21.6 Å². The molecule has 3 aromatic heterocycles. The van der Waals surface area contributed by atoms with Crippen LogP contribution in [0.3, 0.4) is 0 Å². The van der Waals surface area contributed by atoms with Gasteiger partial charge in [-0.1, -0.05) is 20.8 Å². The van der Waals surface area contributed by atoms with Crippen molar-refractivity contribution in [2.75, 3.05) is 5.32 Å². The Balaban J connectivity index is 2.01. The number of hydrogen-bond donors (Lipinski definition) is 1. The monoisotopic (exact) mass is 301 g/mol. The first-order valence-corrected chi connectivity index (χ1v) is 7.76. The minimum absolute atomic E-state index is 0.0393. The van der Waals surface area contributed by atoms with Gasteiger partial charge in [0.05, 0.1) is 22.5 Å². The summed E-state index contributed by atoms with van der Waals surface area (Å²) in [4.78, 5) is 8.72.